The third kappa shape index (κ3) is 5.25. The first-order valence-corrected chi connectivity index (χ1v) is 6.69. The number of hydrogen-bond donors (Lipinski definition) is 1. The highest BCUT2D eigenvalue weighted by atomic mass is 32.2. The van der Waals surface area contributed by atoms with E-state index in [1.54, 1.807) is 6.92 Å². The van der Waals surface area contributed by atoms with Crippen molar-refractivity contribution in [3.05, 3.63) is 0 Å². The van der Waals surface area contributed by atoms with Crippen LogP contribution in [0.2, 0.25) is 0 Å². The van der Waals surface area contributed by atoms with Crippen LogP contribution in [0.25, 0.3) is 0 Å². The molecule has 3 nitrogen and oxygen atoms in total. The zero-order valence-corrected chi connectivity index (χ0v) is 9.89. The summed E-state index contributed by atoms with van der Waals surface area (Å²) in [5, 5.41) is 3.09. The molecule has 0 spiro atoms. The molecule has 0 aliphatic carbocycles. The van der Waals surface area contributed by atoms with E-state index >= 15 is 0 Å². The molecule has 0 rings (SSSR count). The van der Waals surface area contributed by atoms with Crippen LogP contribution in [0.15, 0.2) is 0 Å². The highest BCUT2D eigenvalue weighted by molar-refractivity contribution is 7.91. The van der Waals surface area contributed by atoms with Crippen molar-refractivity contribution in [3.63, 3.8) is 0 Å². The van der Waals surface area contributed by atoms with Gasteiger partial charge < -0.3 is 5.32 Å². The summed E-state index contributed by atoms with van der Waals surface area (Å²) >= 11 is 0. The molecule has 0 fully saturated rings. The highest BCUT2D eigenvalue weighted by Crippen LogP contribution is 1.97. The predicted octanol–water partition coefficient (Wildman–Crippen LogP) is 0.811. The fourth-order valence-electron chi connectivity index (χ4n) is 1.17. The quantitative estimate of drug-likeness (QED) is 0.670. The molecule has 2 atom stereocenters. The number of sulfone groups is 1. The Labute approximate surface area is 87.2 Å². The lowest BCUT2D eigenvalue weighted by atomic mass is 10.2. The molecule has 82 valence electrons. The molecule has 0 amide bonds. The minimum absolute atomic E-state index is 0.0305. The van der Waals surface area contributed by atoms with Gasteiger partial charge in [0.1, 0.15) is 0 Å². The van der Waals surface area contributed by atoms with Gasteiger partial charge in [0.25, 0.3) is 0 Å². The maximum atomic E-state index is 11.3. The average molecular weight is 217 g/mol. The van der Waals surface area contributed by atoms with E-state index in [2.05, 4.69) is 11.2 Å². The smallest absolute Gasteiger partial charge is 0.151 e. The molecule has 2 unspecified atom stereocenters. The standard InChI is InChI=1S/C10H19NO2S/c1-5-10(6-2)11-9(4)8-14(12,13)7-3/h1,9-11H,6-8H2,2-4H3. The normalized spacial score (nSPS) is 15.9. The molecule has 14 heavy (non-hydrogen) atoms. The molecule has 0 heterocycles. The molecule has 0 saturated heterocycles. The van der Waals surface area contributed by atoms with Crippen molar-refractivity contribution >= 4 is 9.84 Å². The first kappa shape index (κ1) is 13.5. The molecule has 0 saturated carbocycles. The Morgan fingerprint density at radius 1 is 1.43 bits per heavy atom. The summed E-state index contributed by atoms with van der Waals surface area (Å²) in [4.78, 5) is 0. The Morgan fingerprint density at radius 3 is 2.36 bits per heavy atom. The SMILES string of the molecule is C#CC(CC)NC(C)CS(=O)(=O)CC. The van der Waals surface area contributed by atoms with Gasteiger partial charge in [0.15, 0.2) is 9.84 Å². The van der Waals surface area contributed by atoms with Gasteiger partial charge >= 0.3 is 0 Å². The van der Waals surface area contributed by atoms with Gasteiger partial charge in [-0.2, -0.15) is 0 Å². The van der Waals surface area contributed by atoms with Gasteiger partial charge in [0.05, 0.1) is 11.8 Å². The van der Waals surface area contributed by atoms with E-state index in [1.807, 2.05) is 13.8 Å². The molecule has 0 aliphatic heterocycles. The largest absolute Gasteiger partial charge is 0.300 e. The predicted molar refractivity (Wildman–Crippen MR) is 59.8 cm³/mol. The average Bonchev–Trinajstić information content (AvgIpc) is 2.13. The second kappa shape index (κ2) is 6.05. The van der Waals surface area contributed by atoms with Gasteiger partial charge in [-0.25, -0.2) is 8.42 Å². The highest BCUT2D eigenvalue weighted by Gasteiger charge is 2.15. The summed E-state index contributed by atoms with van der Waals surface area (Å²) < 4.78 is 22.6. The van der Waals surface area contributed by atoms with Crippen LogP contribution in [0.4, 0.5) is 0 Å². The monoisotopic (exact) mass is 217 g/mol. The lowest BCUT2D eigenvalue weighted by Gasteiger charge is -2.17. The van der Waals surface area contributed by atoms with Crippen molar-refractivity contribution in [2.45, 2.75) is 39.3 Å². The fourth-order valence-corrected chi connectivity index (χ4v) is 2.27. The Hall–Kier alpha value is -0.530. The first-order chi connectivity index (χ1) is 6.45. The summed E-state index contributed by atoms with van der Waals surface area (Å²) in [5.41, 5.74) is 0. The van der Waals surface area contributed by atoms with E-state index in [4.69, 9.17) is 6.42 Å². The molecule has 0 aromatic carbocycles. The Kier molecular flexibility index (Phi) is 5.82. The zero-order chi connectivity index (χ0) is 11.2. The zero-order valence-electron chi connectivity index (χ0n) is 9.08. The summed E-state index contributed by atoms with van der Waals surface area (Å²) in [6.07, 6.45) is 6.08. The van der Waals surface area contributed by atoms with Crippen LogP contribution in [0, 0.1) is 12.3 Å². The summed E-state index contributed by atoms with van der Waals surface area (Å²) in [5.74, 6) is 2.92. The van der Waals surface area contributed by atoms with Crippen molar-refractivity contribution in [1.82, 2.24) is 5.32 Å². The number of rotatable bonds is 6. The Bertz CT molecular complexity index is 290. The van der Waals surface area contributed by atoms with Crippen molar-refractivity contribution in [2.75, 3.05) is 11.5 Å². The number of hydrogen-bond acceptors (Lipinski definition) is 3. The van der Waals surface area contributed by atoms with E-state index in [-0.39, 0.29) is 23.6 Å². The van der Waals surface area contributed by atoms with Gasteiger partial charge in [-0.05, 0) is 13.3 Å². The van der Waals surface area contributed by atoms with Crippen LogP contribution < -0.4 is 5.32 Å². The summed E-state index contributed by atoms with van der Waals surface area (Å²) in [7, 11) is -2.91. The van der Waals surface area contributed by atoms with E-state index in [0.717, 1.165) is 6.42 Å². The molecule has 0 aromatic rings. The van der Waals surface area contributed by atoms with Gasteiger partial charge in [-0.3, -0.25) is 0 Å². The van der Waals surface area contributed by atoms with Crippen LogP contribution in [-0.4, -0.2) is 32.0 Å². The lowest BCUT2D eigenvalue weighted by Crippen LogP contribution is -2.39. The van der Waals surface area contributed by atoms with Crippen molar-refractivity contribution < 1.29 is 8.42 Å². The minimum Gasteiger partial charge on any atom is -0.300 e. The molecule has 1 N–H and O–H groups in total. The van der Waals surface area contributed by atoms with E-state index in [9.17, 15) is 8.42 Å². The fraction of sp³-hybridized carbons (Fsp3) is 0.800. The summed E-state index contributed by atoms with van der Waals surface area (Å²) in [6.45, 7) is 5.46. The minimum atomic E-state index is -2.91. The van der Waals surface area contributed by atoms with Crippen molar-refractivity contribution in [1.29, 1.82) is 0 Å². The maximum absolute atomic E-state index is 11.3. The van der Waals surface area contributed by atoms with E-state index < -0.39 is 9.84 Å². The first-order valence-electron chi connectivity index (χ1n) is 4.87. The van der Waals surface area contributed by atoms with Crippen LogP contribution >= 0.6 is 0 Å². The third-order valence-corrected chi connectivity index (χ3v) is 3.93. The Balaban J connectivity index is 4.12. The van der Waals surface area contributed by atoms with Crippen LogP contribution in [0.3, 0.4) is 0 Å². The molecule has 0 aliphatic rings. The molecule has 4 heteroatoms. The second-order valence-corrected chi connectivity index (χ2v) is 5.79. The summed E-state index contributed by atoms with van der Waals surface area (Å²) in [6, 6.07) is -0.113. The topological polar surface area (TPSA) is 46.2 Å². The number of nitrogens with one attached hydrogen (secondary N) is 1. The van der Waals surface area contributed by atoms with Crippen LogP contribution in [0.5, 0.6) is 0 Å². The van der Waals surface area contributed by atoms with Gasteiger partial charge in [0.2, 0.25) is 0 Å². The molecular weight excluding hydrogens is 198 g/mol. The molecule has 0 aromatic heterocycles. The molecular formula is C10H19NO2S. The van der Waals surface area contributed by atoms with Crippen molar-refractivity contribution in [2.24, 2.45) is 0 Å². The number of terminal acetylenes is 1. The van der Waals surface area contributed by atoms with Crippen molar-refractivity contribution in [3.8, 4) is 12.3 Å². The maximum Gasteiger partial charge on any atom is 0.151 e. The molecule has 0 radical (unpaired) electrons. The van der Waals surface area contributed by atoms with Crippen LogP contribution in [0.1, 0.15) is 27.2 Å². The Morgan fingerprint density at radius 2 is 2.00 bits per heavy atom. The second-order valence-electron chi connectivity index (χ2n) is 3.39. The van der Waals surface area contributed by atoms with Crippen LogP contribution in [-0.2, 0) is 9.84 Å². The van der Waals surface area contributed by atoms with E-state index in [0.29, 0.717) is 0 Å². The lowest BCUT2D eigenvalue weighted by molar-refractivity contribution is 0.515. The van der Waals surface area contributed by atoms with E-state index in [1.165, 1.54) is 0 Å². The molecule has 0 bridgehead atoms. The van der Waals surface area contributed by atoms with Gasteiger partial charge in [-0.1, -0.05) is 19.8 Å². The van der Waals surface area contributed by atoms with Gasteiger partial charge in [0, 0.05) is 11.8 Å². The third-order valence-electron chi connectivity index (χ3n) is 2.04. The van der Waals surface area contributed by atoms with Gasteiger partial charge in [-0.15, -0.1) is 6.42 Å².